The standard InChI is InChI=1S/C16H14F3N5O.K.H/c1-10(15-14(19)5-20-7-22-15)16(25,6-24-9-21-8-23-24)12-3-2-11(17)4-13(12)18;;/h2-5,7-10,25H,6H2,1H3;;/t10-,16+;;/m0../s1. The van der Waals surface area contributed by atoms with Gasteiger partial charge in [0.25, 0.3) is 0 Å². The molecule has 0 bridgehead atoms. The third-order valence-corrected chi connectivity index (χ3v) is 4.09. The minimum absolute atomic E-state index is 0. The van der Waals surface area contributed by atoms with Crippen LogP contribution in [0, 0.1) is 17.5 Å². The van der Waals surface area contributed by atoms with Crippen molar-refractivity contribution >= 4 is 51.4 Å². The van der Waals surface area contributed by atoms with Crippen LogP contribution in [0.2, 0.25) is 0 Å². The molecule has 1 N–H and O–H groups in total. The summed E-state index contributed by atoms with van der Waals surface area (Å²) < 4.78 is 43.0. The van der Waals surface area contributed by atoms with E-state index in [9.17, 15) is 18.3 Å². The summed E-state index contributed by atoms with van der Waals surface area (Å²) in [6.07, 6.45) is 4.66. The molecule has 0 saturated carbocycles. The van der Waals surface area contributed by atoms with E-state index in [4.69, 9.17) is 0 Å². The minimum atomic E-state index is -1.96. The van der Waals surface area contributed by atoms with Crippen LogP contribution in [-0.4, -0.2) is 81.2 Å². The first-order valence-electron chi connectivity index (χ1n) is 7.37. The summed E-state index contributed by atoms with van der Waals surface area (Å²) in [5.41, 5.74) is -2.25. The topological polar surface area (TPSA) is 76.7 Å². The van der Waals surface area contributed by atoms with Crippen LogP contribution < -0.4 is 0 Å². The Balaban J connectivity index is 0.00000243. The van der Waals surface area contributed by atoms with Gasteiger partial charge in [0.1, 0.15) is 36.2 Å². The van der Waals surface area contributed by atoms with Crippen LogP contribution in [0.5, 0.6) is 0 Å². The molecule has 26 heavy (non-hydrogen) atoms. The summed E-state index contributed by atoms with van der Waals surface area (Å²) in [4.78, 5) is 11.2. The second-order valence-corrected chi connectivity index (χ2v) is 5.62. The Morgan fingerprint density at radius 2 is 1.92 bits per heavy atom. The summed E-state index contributed by atoms with van der Waals surface area (Å²) in [7, 11) is 0. The van der Waals surface area contributed by atoms with E-state index >= 15 is 0 Å². The van der Waals surface area contributed by atoms with Gasteiger partial charge >= 0.3 is 51.4 Å². The molecule has 132 valence electrons. The van der Waals surface area contributed by atoms with Gasteiger partial charge in [-0.25, -0.2) is 32.8 Å². The number of hydrogen-bond acceptors (Lipinski definition) is 5. The number of hydrogen-bond donors (Lipinski definition) is 1. The van der Waals surface area contributed by atoms with Gasteiger partial charge < -0.3 is 5.11 Å². The number of benzene rings is 1. The third-order valence-electron chi connectivity index (χ3n) is 4.09. The predicted octanol–water partition coefficient (Wildman–Crippen LogP) is 1.53. The molecular weight excluding hydrogens is 374 g/mol. The van der Waals surface area contributed by atoms with E-state index in [-0.39, 0.29) is 69.2 Å². The van der Waals surface area contributed by atoms with Gasteiger partial charge in [-0.15, -0.1) is 0 Å². The molecular formula is C16H15F3KN5O. The van der Waals surface area contributed by atoms with Gasteiger partial charge in [0, 0.05) is 17.5 Å². The first kappa shape index (κ1) is 21.1. The van der Waals surface area contributed by atoms with Crippen LogP contribution in [0.4, 0.5) is 13.2 Å². The molecule has 0 aliphatic carbocycles. The molecule has 3 aromatic rings. The van der Waals surface area contributed by atoms with Crippen molar-refractivity contribution in [3.05, 3.63) is 72.1 Å². The van der Waals surface area contributed by atoms with Crippen LogP contribution in [0.25, 0.3) is 0 Å². The van der Waals surface area contributed by atoms with Crippen LogP contribution >= 0.6 is 0 Å². The monoisotopic (exact) mass is 389 g/mol. The fourth-order valence-electron chi connectivity index (χ4n) is 2.72. The molecule has 0 saturated heterocycles. The first-order valence-corrected chi connectivity index (χ1v) is 7.37. The quantitative estimate of drug-likeness (QED) is 0.670. The van der Waals surface area contributed by atoms with Gasteiger partial charge in [-0.2, -0.15) is 5.10 Å². The number of rotatable bonds is 5. The van der Waals surface area contributed by atoms with E-state index in [1.807, 2.05) is 0 Å². The maximum absolute atomic E-state index is 14.4. The molecule has 6 nitrogen and oxygen atoms in total. The van der Waals surface area contributed by atoms with E-state index in [0.29, 0.717) is 6.07 Å². The van der Waals surface area contributed by atoms with Crippen molar-refractivity contribution in [3.8, 4) is 0 Å². The molecule has 3 rings (SSSR count). The Labute approximate surface area is 189 Å². The normalized spacial score (nSPS) is 14.3. The second kappa shape index (κ2) is 8.68. The summed E-state index contributed by atoms with van der Waals surface area (Å²) >= 11 is 0. The van der Waals surface area contributed by atoms with Crippen molar-refractivity contribution in [2.75, 3.05) is 0 Å². The molecule has 0 spiro atoms. The average Bonchev–Trinajstić information content (AvgIpc) is 3.07. The van der Waals surface area contributed by atoms with Gasteiger partial charge in [-0.1, -0.05) is 13.0 Å². The number of aliphatic hydroxyl groups is 1. The number of aromatic nitrogens is 5. The van der Waals surface area contributed by atoms with Gasteiger partial charge in [0.15, 0.2) is 5.82 Å². The molecule has 0 radical (unpaired) electrons. The molecule has 0 fully saturated rings. The molecule has 0 unspecified atom stereocenters. The molecule has 2 atom stereocenters. The van der Waals surface area contributed by atoms with Crippen molar-refractivity contribution in [1.82, 2.24) is 24.7 Å². The first-order chi connectivity index (χ1) is 11.9. The van der Waals surface area contributed by atoms with E-state index in [2.05, 4.69) is 20.1 Å². The Morgan fingerprint density at radius 1 is 1.15 bits per heavy atom. The molecule has 0 amide bonds. The van der Waals surface area contributed by atoms with Crippen LogP contribution in [0.15, 0.2) is 43.4 Å². The fourth-order valence-corrected chi connectivity index (χ4v) is 2.72. The molecule has 2 aromatic heterocycles. The Hall–Kier alpha value is -1.17. The van der Waals surface area contributed by atoms with Crippen LogP contribution in [-0.2, 0) is 12.1 Å². The van der Waals surface area contributed by atoms with Gasteiger partial charge in [0.05, 0.1) is 18.4 Å². The van der Waals surface area contributed by atoms with Gasteiger partial charge in [-0.05, 0) is 6.07 Å². The van der Waals surface area contributed by atoms with Gasteiger partial charge in [0.2, 0.25) is 0 Å². The fraction of sp³-hybridized carbons (Fsp3) is 0.250. The third kappa shape index (κ3) is 4.21. The second-order valence-electron chi connectivity index (χ2n) is 5.62. The molecule has 1 aromatic carbocycles. The van der Waals surface area contributed by atoms with E-state index in [0.717, 1.165) is 24.7 Å². The Kier molecular flexibility index (Phi) is 7.05. The van der Waals surface area contributed by atoms with Crippen LogP contribution in [0.1, 0.15) is 24.1 Å². The summed E-state index contributed by atoms with van der Waals surface area (Å²) in [5.74, 6) is -3.47. The van der Waals surface area contributed by atoms with Crippen LogP contribution in [0.3, 0.4) is 0 Å². The van der Waals surface area contributed by atoms with Crippen molar-refractivity contribution in [2.45, 2.75) is 25.0 Å². The molecule has 10 heteroatoms. The van der Waals surface area contributed by atoms with Crippen molar-refractivity contribution in [2.24, 2.45) is 0 Å². The molecule has 0 aliphatic heterocycles. The molecule has 0 aliphatic rings. The Morgan fingerprint density at radius 3 is 2.54 bits per heavy atom. The zero-order chi connectivity index (χ0) is 18.0. The van der Waals surface area contributed by atoms with Crippen molar-refractivity contribution in [3.63, 3.8) is 0 Å². The summed E-state index contributed by atoms with van der Waals surface area (Å²) in [5, 5.41) is 15.2. The van der Waals surface area contributed by atoms with E-state index < -0.39 is 29.0 Å². The summed E-state index contributed by atoms with van der Waals surface area (Å²) in [6.45, 7) is 1.26. The number of halogens is 3. The SMILES string of the molecule is C[C@@H](c1ncncc1F)[C@](O)(Cn1cncn1)c1ccc(F)cc1F.[KH]. The number of nitrogens with zero attached hydrogens (tertiary/aromatic N) is 5. The van der Waals surface area contributed by atoms with E-state index in [1.165, 1.54) is 24.3 Å². The molecule has 2 heterocycles. The van der Waals surface area contributed by atoms with Crippen molar-refractivity contribution in [1.29, 1.82) is 0 Å². The maximum atomic E-state index is 14.4. The summed E-state index contributed by atoms with van der Waals surface area (Å²) in [6, 6.07) is 2.80. The van der Waals surface area contributed by atoms with Crippen molar-refractivity contribution < 1.29 is 18.3 Å². The average molecular weight is 389 g/mol. The predicted molar refractivity (Wildman–Crippen MR) is 87.8 cm³/mol. The zero-order valence-electron chi connectivity index (χ0n) is 13.1. The van der Waals surface area contributed by atoms with Gasteiger partial charge in [-0.3, -0.25) is 0 Å². The zero-order valence-corrected chi connectivity index (χ0v) is 13.1. The Bertz CT molecular complexity index is 880. The van der Waals surface area contributed by atoms with E-state index in [1.54, 1.807) is 0 Å².